The monoisotopic (exact) mass is 258 g/mol. The van der Waals surface area contributed by atoms with E-state index in [-0.39, 0.29) is 0 Å². The summed E-state index contributed by atoms with van der Waals surface area (Å²) in [4.78, 5) is 10.9. The molecule has 2 nitrogen and oxygen atoms in total. The SMILES string of the molecule is Cc1ccc(CSC(C)(C)C(=O)O)c(Cl)c1. The highest BCUT2D eigenvalue weighted by molar-refractivity contribution is 8.00. The Morgan fingerprint density at radius 3 is 2.62 bits per heavy atom. The number of halogens is 1. The molecule has 0 saturated carbocycles. The molecule has 0 aliphatic heterocycles. The van der Waals surface area contributed by atoms with Crippen molar-refractivity contribution in [2.75, 3.05) is 0 Å². The molecule has 0 aromatic heterocycles. The molecule has 0 aliphatic carbocycles. The molecule has 0 spiro atoms. The highest BCUT2D eigenvalue weighted by Gasteiger charge is 2.27. The van der Waals surface area contributed by atoms with E-state index in [0.717, 1.165) is 11.1 Å². The summed E-state index contributed by atoms with van der Waals surface area (Å²) in [5, 5.41) is 9.68. The molecule has 1 rings (SSSR count). The van der Waals surface area contributed by atoms with Gasteiger partial charge in [0.05, 0.1) is 0 Å². The van der Waals surface area contributed by atoms with E-state index in [1.165, 1.54) is 11.8 Å². The van der Waals surface area contributed by atoms with Crippen molar-refractivity contribution in [2.24, 2.45) is 0 Å². The van der Waals surface area contributed by atoms with Crippen molar-refractivity contribution in [3.05, 3.63) is 34.3 Å². The third-order valence-electron chi connectivity index (χ3n) is 2.31. The smallest absolute Gasteiger partial charge is 0.319 e. The summed E-state index contributed by atoms with van der Waals surface area (Å²) >= 11 is 7.45. The molecule has 1 aromatic rings. The van der Waals surface area contributed by atoms with Gasteiger partial charge in [-0.1, -0.05) is 23.7 Å². The Morgan fingerprint density at radius 2 is 2.12 bits per heavy atom. The Kier molecular flexibility index (Phi) is 4.28. The van der Waals surface area contributed by atoms with Gasteiger partial charge in [-0.25, -0.2) is 0 Å². The molecule has 0 heterocycles. The molecule has 0 aliphatic rings. The Hall–Kier alpha value is -0.670. The normalized spacial score (nSPS) is 11.5. The molecule has 0 fully saturated rings. The van der Waals surface area contributed by atoms with Crippen LogP contribution in [0.25, 0.3) is 0 Å². The highest BCUT2D eigenvalue weighted by atomic mass is 35.5. The lowest BCUT2D eigenvalue weighted by atomic mass is 10.2. The number of carboxylic acid groups (broad SMARTS) is 1. The molecule has 0 bridgehead atoms. The topological polar surface area (TPSA) is 37.3 Å². The molecule has 88 valence electrons. The van der Waals surface area contributed by atoms with Crippen LogP contribution in [-0.4, -0.2) is 15.8 Å². The van der Waals surface area contributed by atoms with Gasteiger partial charge in [0, 0.05) is 10.8 Å². The molecule has 1 N–H and O–H groups in total. The van der Waals surface area contributed by atoms with E-state index in [9.17, 15) is 4.79 Å². The number of aliphatic carboxylic acids is 1. The van der Waals surface area contributed by atoms with Crippen LogP contribution in [0, 0.1) is 6.92 Å². The zero-order chi connectivity index (χ0) is 12.3. The Balaban J connectivity index is 2.72. The van der Waals surface area contributed by atoms with Crippen LogP contribution in [0.5, 0.6) is 0 Å². The lowest BCUT2D eigenvalue weighted by Crippen LogP contribution is -2.27. The van der Waals surface area contributed by atoms with E-state index < -0.39 is 10.7 Å². The van der Waals surface area contributed by atoms with Gasteiger partial charge in [0.15, 0.2) is 0 Å². The largest absolute Gasteiger partial charge is 0.480 e. The minimum Gasteiger partial charge on any atom is -0.480 e. The van der Waals surface area contributed by atoms with Crippen LogP contribution < -0.4 is 0 Å². The van der Waals surface area contributed by atoms with Crippen molar-refractivity contribution in [2.45, 2.75) is 31.3 Å². The summed E-state index contributed by atoms with van der Waals surface area (Å²) in [5.41, 5.74) is 2.09. The number of benzene rings is 1. The maximum absolute atomic E-state index is 10.9. The van der Waals surface area contributed by atoms with Crippen LogP contribution >= 0.6 is 23.4 Å². The van der Waals surface area contributed by atoms with Gasteiger partial charge in [-0.15, -0.1) is 11.8 Å². The first-order valence-corrected chi connectivity index (χ1v) is 6.31. The first-order chi connectivity index (χ1) is 7.33. The van der Waals surface area contributed by atoms with Crippen molar-refractivity contribution in [3.8, 4) is 0 Å². The van der Waals surface area contributed by atoms with E-state index in [1.54, 1.807) is 13.8 Å². The fourth-order valence-electron chi connectivity index (χ4n) is 1.09. The van der Waals surface area contributed by atoms with E-state index in [2.05, 4.69) is 0 Å². The van der Waals surface area contributed by atoms with Gasteiger partial charge >= 0.3 is 5.97 Å². The minimum absolute atomic E-state index is 0.610. The van der Waals surface area contributed by atoms with Gasteiger partial charge in [-0.05, 0) is 38.0 Å². The van der Waals surface area contributed by atoms with Crippen LogP contribution in [-0.2, 0) is 10.5 Å². The second-order valence-corrected chi connectivity index (χ2v) is 6.20. The van der Waals surface area contributed by atoms with Gasteiger partial charge < -0.3 is 5.11 Å². The summed E-state index contributed by atoms with van der Waals surface area (Å²) < 4.78 is -0.784. The van der Waals surface area contributed by atoms with Crippen molar-refractivity contribution in [1.29, 1.82) is 0 Å². The number of hydrogen-bond acceptors (Lipinski definition) is 2. The van der Waals surface area contributed by atoms with Crippen LogP contribution in [0.3, 0.4) is 0 Å². The summed E-state index contributed by atoms with van der Waals surface area (Å²) in [7, 11) is 0. The Labute approximate surface area is 105 Å². The molecule has 0 saturated heterocycles. The average Bonchev–Trinajstić information content (AvgIpc) is 2.16. The van der Waals surface area contributed by atoms with Crippen molar-refractivity contribution in [1.82, 2.24) is 0 Å². The molecule has 4 heteroatoms. The molecular formula is C12H15ClO2S. The molecular weight excluding hydrogens is 244 g/mol. The molecule has 0 atom stereocenters. The molecule has 16 heavy (non-hydrogen) atoms. The summed E-state index contributed by atoms with van der Waals surface area (Å²) in [6.45, 7) is 5.37. The van der Waals surface area contributed by atoms with Crippen LogP contribution in [0.15, 0.2) is 18.2 Å². The van der Waals surface area contributed by atoms with Gasteiger partial charge in [0.2, 0.25) is 0 Å². The van der Waals surface area contributed by atoms with Crippen LogP contribution in [0.1, 0.15) is 25.0 Å². The second-order valence-electron chi connectivity index (χ2n) is 4.20. The third kappa shape index (κ3) is 3.42. The predicted molar refractivity (Wildman–Crippen MR) is 69.2 cm³/mol. The summed E-state index contributed by atoms with van der Waals surface area (Å²) in [6, 6.07) is 5.82. The molecule has 0 amide bonds. The van der Waals surface area contributed by atoms with E-state index >= 15 is 0 Å². The van der Waals surface area contributed by atoms with Crippen molar-refractivity contribution < 1.29 is 9.90 Å². The number of carbonyl (C=O) groups is 1. The standard InChI is InChI=1S/C12H15ClO2S/c1-8-4-5-9(10(13)6-8)7-16-12(2,3)11(14)15/h4-6H,7H2,1-3H3,(H,14,15). The van der Waals surface area contributed by atoms with Crippen molar-refractivity contribution >= 4 is 29.3 Å². The number of hydrogen-bond donors (Lipinski definition) is 1. The van der Waals surface area contributed by atoms with Gasteiger partial charge in [0.1, 0.15) is 4.75 Å². The van der Waals surface area contributed by atoms with E-state index in [0.29, 0.717) is 10.8 Å². The number of carboxylic acids is 1. The zero-order valence-electron chi connectivity index (χ0n) is 9.58. The number of aryl methyl sites for hydroxylation is 1. The first-order valence-electron chi connectivity index (χ1n) is 4.95. The fraction of sp³-hybridized carbons (Fsp3) is 0.417. The minimum atomic E-state index is -0.805. The first kappa shape index (κ1) is 13.4. The van der Waals surface area contributed by atoms with E-state index in [4.69, 9.17) is 16.7 Å². The van der Waals surface area contributed by atoms with E-state index in [1.807, 2.05) is 25.1 Å². The molecule has 0 unspecified atom stereocenters. The maximum Gasteiger partial charge on any atom is 0.319 e. The molecule has 0 radical (unpaired) electrons. The lowest BCUT2D eigenvalue weighted by molar-refractivity contribution is -0.138. The number of rotatable bonds is 4. The highest BCUT2D eigenvalue weighted by Crippen LogP contribution is 2.31. The zero-order valence-corrected chi connectivity index (χ0v) is 11.2. The maximum atomic E-state index is 10.9. The predicted octanol–water partition coefficient (Wildman–Crippen LogP) is 3.74. The van der Waals surface area contributed by atoms with Gasteiger partial charge in [0.25, 0.3) is 0 Å². The molecule has 1 aromatic carbocycles. The van der Waals surface area contributed by atoms with Crippen molar-refractivity contribution in [3.63, 3.8) is 0 Å². The Morgan fingerprint density at radius 1 is 1.50 bits per heavy atom. The third-order valence-corrected chi connectivity index (χ3v) is 4.02. The summed E-state index contributed by atoms with van der Waals surface area (Å²) in [5.74, 6) is -0.195. The number of thioether (sulfide) groups is 1. The average molecular weight is 259 g/mol. The quantitative estimate of drug-likeness (QED) is 0.894. The van der Waals surface area contributed by atoms with Crippen LogP contribution in [0.2, 0.25) is 5.02 Å². The summed E-state index contributed by atoms with van der Waals surface area (Å²) in [6.07, 6.45) is 0. The van der Waals surface area contributed by atoms with Gasteiger partial charge in [-0.3, -0.25) is 4.79 Å². The lowest BCUT2D eigenvalue weighted by Gasteiger charge is -2.18. The fourth-order valence-corrected chi connectivity index (χ4v) is 2.36. The van der Waals surface area contributed by atoms with Gasteiger partial charge in [-0.2, -0.15) is 0 Å². The van der Waals surface area contributed by atoms with Crippen LogP contribution in [0.4, 0.5) is 0 Å². The Bertz CT molecular complexity index is 402. The second kappa shape index (κ2) is 5.11.